The summed E-state index contributed by atoms with van der Waals surface area (Å²) in [5.74, 6) is 0.754. The summed E-state index contributed by atoms with van der Waals surface area (Å²) >= 11 is 14.8. The van der Waals surface area contributed by atoms with Crippen LogP contribution in [0.4, 0.5) is 0 Å². The predicted octanol–water partition coefficient (Wildman–Crippen LogP) is 5.01. The molecular weight excluding hydrogens is 358 g/mol. The lowest BCUT2D eigenvalue weighted by molar-refractivity contribution is 1.04. The van der Waals surface area contributed by atoms with Crippen LogP contribution in [0.25, 0.3) is 17.1 Å². The van der Waals surface area contributed by atoms with E-state index in [0.717, 1.165) is 21.5 Å². The van der Waals surface area contributed by atoms with E-state index in [1.807, 2.05) is 53.1 Å². The molecule has 1 N–H and O–H groups in total. The predicted molar refractivity (Wildman–Crippen MR) is 86.9 cm³/mol. The first-order valence-electron chi connectivity index (χ1n) is 5.85. The zero-order valence-electron chi connectivity index (χ0n) is 10.2. The summed E-state index contributed by atoms with van der Waals surface area (Å²) in [5.41, 5.74) is 1.88. The highest BCUT2D eigenvalue weighted by Crippen LogP contribution is 2.28. The Bertz CT molecular complexity index is 808. The number of hydrogen-bond acceptors (Lipinski definition) is 2. The average molecular weight is 367 g/mol. The van der Waals surface area contributed by atoms with E-state index in [0.29, 0.717) is 9.79 Å². The second-order valence-electron chi connectivity index (χ2n) is 4.14. The molecule has 0 atom stereocenters. The number of H-pyrrole nitrogens is 1. The van der Waals surface area contributed by atoms with Crippen LogP contribution in [-0.2, 0) is 0 Å². The first kappa shape index (κ1) is 13.5. The molecule has 3 aromatic rings. The number of halogens is 2. The van der Waals surface area contributed by atoms with Crippen molar-refractivity contribution >= 4 is 39.7 Å². The number of hydrogen-bond donors (Lipinski definition) is 1. The van der Waals surface area contributed by atoms with Crippen molar-refractivity contribution in [3.63, 3.8) is 0 Å². The van der Waals surface area contributed by atoms with Crippen LogP contribution >= 0.6 is 39.7 Å². The highest BCUT2D eigenvalue weighted by atomic mass is 79.9. The Hall–Kier alpha value is -1.43. The maximum Gasteiger partial charge on any atom is 0.200 e. The Morgan fingerprint density at radius 2 is 1.80 bits per heavy atom. The summed E-state index contributed by atoms with van der Waals surface area (Å²) in [5, 5.41) is 7.85. The maximum absolute atomic E-state index is 5.93. The van der Waals surface area contributed by atoms with Gasteiger partial charge in [-0.2, -0.15) is 5.10 Å². The van der Waals surface area contributed by atoms with Crippen LogP contribution in [-0.4, -0.2) is 14.8 Å². The van der Waals surface area contributed by atoms with Gasteiger partial charge in [-0.25, -0.2) is 0 Å². The first-order valence-corrected chi connectivity index (χ1v) is 7.43. The average Bonchev–Trinajstić information content (AvgIpc) is 2.82. The van der Waals surface area contributed by atoms with Gasteiger partial charge in [0.25, 0.3) is 0 Å². The fourth-order valence-corrected chi connectivity index (χ4v) is 2.78. The molecule has 0 aliphatic rings. The number of benzene rings is 2. The number of aromatic nitrogens is 3. The van der Waals surface area contributed by atoms with Crippen molar-refractivity contribution in [2.24, 2.45) is 0 Å². The molecule has 0 amide bonds. The number of nitrogens with one attached hydrogen (secondary N) is 1. The third kappa shape index (κ3) is 2.44. The zero-order valence-corrected chi connectivity index (χ0v) is 13.3. The number of rotatable bonds is 2. The molecule has 0 saturated heterocycles. The van der Waals surface area contributed by atoms with E-state index < -0.39 is 0 Å². The molecule has 0 fully saturated rings. The molecule has 6 heteroatoms. The van der Waals surface area contributed by atoms with Crippen LogP contribution in [0.2, 0.25) is 5.02 Å². The second kappa shape index (κ2) is 5.52. The fraction of sp³-hybridized carbons (Fsp3) is 0. The van der Waals surface area contributed by atoms with Crippen LogP contribution in [0.15, 0.2) is 53.0 Å². The molecule has 0 bridgehead atoms. The van der Waals surface area contributed by atoms with E-state index in [4.69, 9.17) is 23.8 Å². The van der Waals surface area contributed by atoms with Gasteiger partial charge >= 0.3 is 0 Å². The van der Waals surface area contributed by atoms with Crippen molar-refractivity contribution in [1.82, 2.24) is 14.8 Å². The largest absolute Gasteiger partial charge is 0.268 e. The number of aromatic amines is 1. The molecule has 3 rings (SSSR count). The normalized spacial score (nSPS) is 10.7. The van der Waals surface area contributed by atoms with Crippen molar-refractivity contribution in [2.75, 3.05) is 0 Å². The Labute approximate surface area is 134 Å². The minimum Gasteiger partial charge on any atom is -0.268 e. The summed E-state index contributed by atoms with van der Waals surface area (Å²) in [7, 11) is 0. The third-order valence-corrected chi connectivity index (χ3v) is 4.09. The van der Waals surface area contributed by atoms with Crippen molar-refractivity contribution < 1.29 is 0 Å². The quantitative estimate of drug-likeness (QED) is 0.647. The van der Waals surface area contributed by atoms with Crippen molar-refractivity contribution in [1.29, 1.82) is 0 Å². The van der Waals surface area contributed by atoms with Crippen molar-refractivity contribution in [3.8, 4) is 17.1 Å². The Morgan fingerprint density at radius 3 is 2.50 bits per heavy atom. The summed E-state index contributed by atoms with van der Waals surface area (Å²) in [6.45, 7) is 0. The van der Waals surface area contributed by atoms with Gasteiger partial charge in [-0.3, -0.25) is 9.67 Å². The smallest absolute Gasteiger partial charge is 0.200 e. The van der Waals surface area contributed by atoms with Gasteiger partial charge in [0, 0.05) is 15.1 Å². The van der Waals surface area contributed by atoms with E-state index >= 15 is 0 Å². The van der Waals surface area contributed by atoms with Crippen molar-refractivity contribution in [3.05, 3.63) is 62.8 Å². The molecule has 100 valence electrons. The monoisotopic (exact) mass is 365 g/mol. The van der Waals surface area contributed by atoms with Crippen LogP contribution in [0.3, 0.4) is 0 Å². The molecule has 0 saturated carbocycles. The summed E-state index contributed by atoms with van der Waals surface area (Å²) in [6.07, 6.45) is 0. The summed E-state index contributed by atoms with van der Waals surface area (Å²) in [6, 6.07) is 15.4. The molecule has 1 heterocycles. The van der Waals surface area contributed by atoms with Gasteiger partial charge in [-0.1, -0.05) is 45.7 Å². The molecule has 20 heavy (non-hydrogen) atoms. The van der Waals surface area contributed by atoms with E-state index in [2.05, 4.69) is 26.1 Å². The lowest BCUT2D eigenvalue weighted by Crippen LogP contribution is -1.97. The molecule has 2 aromatic carbocycles. The van der Waals surface area contributed by atoms with E-state index in [1.165, 1.54) is 0 Å². The van der Waals surface area contributed by atoms with E-state index in [1.54, 1.807) is 0 Å². The minimum atomic E-state index is 0.540. The lowest BCUT2D eigenvalue weighted by Gasteiger charge is -2.08. The number of nitrogens with zero attached hydrogens (tertiary/aromatic N) is 2. The molecule has 1 aromatic heterocycles. The van der Waals surface area contributed by atoms with Gasteiger partial charge in [0.15, 0.2) is 10.6 Å². The van der Waals surface area contributed by atoms with Gasteiger partial charge in [0.1, 0.15) is 0 Å². The molecule has 0 spiro atoms. The molecule has 0 unspecified atom stereocenters. The van der Waals surface area contributed by atoms with Crippen molar-refractivity contribution in [2.45, 2.75) is 0 Å². The lowest BCUT2D eigenvalue weighted by atomic mass is 10.2. The SMILES string of the molecule is S=c1[nH]nc(-c2ccccc2Br)n1-c1ccc(Cl)cc1. The highest BCUT2D eigenvalue weighted by Gasteiger charge is 2.12. The summed E-state index contributed by atoms with van der Waals surface area (Å²) in [4.78, 5) is 0. The van der Waals surface area contributed by atoms with Gasteiger partial charge < -0.3 is 0 Å². The molecule has 3 nitrogen and oxygen atoms in total. The van der Waals surface area contributed by atoms with Crippen LogP contribution in [0.1, 0.15) is 0 Å². The minimum absolute atomic E-state index is 0.540. The maximum atomic E-state index is 5.93. The Balaban J connectivity index is 2.23. The fourth-order valence-electron chi connectivity index (χ4n) is 1.95. The highest BCUT2D eigenvalue weighted by molar-refractivity contribution is 9.10. The standard InChI is InChI=1S/C14H9BrClN3S/c15-12-4-2-1-3-11(12)13-17-18-14(20)19(13)10-7-5-9(16)6-8-10/h1-8H,(H,18,20). The summed E-state index contributed by atoms with van der Waals surface area (Å²) < 4.78 is 3.38. The third-order valence-electron chi connectivity index (χ3n) is 2.87. The first-order chi connectivity index (χ1) is 9.66. The van der Waals surface area contributed by atoms with Crippen LogP contribution in [0, 0.1) is 4.77 Å². The van der Waals surface area contributed by atoms with Crippen LogP contribution < -0.4 is 0 Å². The topological polar surface area (TPSA) is 33.6 Å². The molecule has 0 radical (unpaired) electrons. The van der Waals surface area contributed by atoms with Gasteiger partial charge in [-0.15, -0.1) is 0 Å². The molecule has 0 aliphatic carbocycles. The van der Waals surface area contributed by atoms with Crippen LogP contribution in [0.5, 0.6) is 0 Å². The van der Waals surface area contributed by atoms with Gasteiger partial charge in [0.05, 0.1) is 5.69 Å². The van der Waals surface area contributed by atoms with Gasteiger partial charge in [-0.05, 0) is 42.5 Å². The zero-order chi connectivity index (χ0) is 14.1. The molecular formula is C14H9BrClN3S. The Kier molecular flexibility index (Phi) is 3.74. The molecule has 0 aliphatic heterocycles. The second-order valence-corrected chi connectivity index (χ2v) is 5.82. The van der Waals surface area contributed by atoms with E-state index in [-0.39, 0.29) is 0 Å². The van der Waals surface area contributed by atoms with Gasteiger partial charge in [0.2, 0.25) is 0 Å². The Morgan fingerprint density at radius 1 is 1.10 bits per heavy atom. The van der Waals surface area contributed by atoms with E-state index in [9.17, 15) is 0 Å².